The molecular formula is C13H17N3O2. The Morgan fingerprint density at radius 1 is 1.39 bits per heavy atom. The van der Waals surface area contributed by atoms with Crippen LogP contribution in [0.25, 0.3) is 0 Å². The largest absolute Gasteiger partial charge is 0.481 e. The van der Waals surface area contributed by atoms with E-state index in [1.165, 1.54) is 0 Å². The summed E-state index contributed by atoms with van der Waals surface area (Å²) < 4.78 is 10.2. The third-order valence-corrected chi connectivity index (χ3v) is 2.90. The van der Waals surface area contributed by atoms with Crippen LogP contribution in [0, 0.1) is 0 Å². The summed E-state index contributed by atoms with van der Waals surface area (Å²) in [6, 6.07) is 3.49. The van der Waals surface area contributed by atoms with Crippen LogP contribution >= 0.6 is 0 Å². The topological polar surface area (TPSA) is 69.7 Å². The first-order valence-corrected chi connectivity index (χ1v) is 5.76. The number of methoxy groups -OCH3 is 2. The Hall–Kier alpha value is -1.72. The van der Waals surface area contributed by atoms with E-state index >= 15 is 0 Å². The first kappa shape index (κ1) is 12.7. The van der Waals surface area contributed by atoms with Gasteiger partial charge in [0, 0.05) is 32.0 Å². The fourth-order valence-electron chi connectivity index (χ4n) is 1.77. The first-order chi connectivity index (χ1) is 8.74. The lowest BCUT2D eigenvalue weighted by Gasteiger charge is -2.18. The molecular weight excluding hydrogens is 230 g/mol. The van der Waals surface area contributed by atoms with Gasteiger partial charge in [-0.25, -0.2) is 4.98 Å². The van der Waals surface area contributed by atoms with Crippen molar-refractivity contribution in [1.82, 2.24) is 4.98 Å². The minimum atomic E-state index is -0.218. The maximum Gasteiger partial charge on any atom is 0.212 e. The number of hydrogen-bond acceptors (Lipinski definition) is 5. The lowest BCUT2D eigenvalue weighted by Crippen LogP contribution is -2.19. The maximum atomic E-state index is 6.17. The summed E-state index contributed by atoms with van der Waals surface area (Å²) in [4.78, 5) is 8.41. The number of pyridine rings is 1. The predicted octanol–water partition coefficient (Wildman–Crippen LogP) is 1.46. The van der Waals surface area contributed by atoms with E-state index in [-0.39, 0.29) is 12.3 Å². The van der Waals surface area contributed by atoms with Crippen molar-refractivity contribution in [3.05, 3.63) is 35.5 Å². The van der Waals surface area contributed by atoms with Crippen LogP contribution in [0.4, 0.5) is 0 Å². The fraction of sp³-hybridized carbons (Fsp3) is 0.385. The number of aliphatic imine (C=N–C) groups is 1. The van der Waals surface area contributed by atoms with Crippen molar-refractivity contribution in [2.24, 2.45) is 10.7 Å². The molecule has 1 aromatic rings. The molecule has 1 aliphatic heterocycles. The predicted molar refractivity (Wildman–Crippen MR) is 69.7 cm³/mol. The van der Waals surface area contributed by atoms with E-state index in [4.69, 9.17) is 15.2 Å². The number of nitrogens with zero attached hydrogens (tertiary/aromatic N) is 2. The average Bonchev–Trinajstić information content (AvgIpc) is 2.47. The number of rotatable bonds is 4. The molecule has 5 nitrogen and oxygen atoms in total. The van der Waals surface area contributed by atoms with E-state index in [9.17, 15) is 0 Å². The SMILES string of the molecule is COc1ccc(C(N)C2=CCC(OC)N=C2)cn1. The zero-order valence-electron chi connectivity index (χ0n) is 10.5. The Bertz CT molecular complexity index is 454. The molecule has 2 atom stereocenters. The van der Waals surface area contributed by atoms with Gasteiger partial charge in [-0.1, -0.05) is 12.1 Å². The van der Waals surface area contributed by atoms with E-state index in [1.807, 2.05) is 6.07 Å². The number of ether oxygens (including phenoxy) is 2. The molecule has 2 N–H and O–H groups in total. The van der Waals surface area contributed by atoms with E-state index < -0.39 is 0 Å². The van der Waals surface area contributed by atoms with Crippen LogP contribution in [0.3, 0.4) is 0 Å². The summed E-state index contributed by atoms with van der Waals surface area (Å²) in [6.07, 6.45) is 6.21. The molecule has 2 unspecified atom stereocenters. The molecule has 0 saturated carbocycles. The van der Waals surface area contributed by atoms with Gasteiger partial charge in [-0.3, -0.25) is 4.99 Å². The van der Waals surface area contributed by atoms with Crippen LogP contribution in [0.15, 0.2) is 35.0 Å². The highest BCUT2D eigenvalue weighted by molar-refractivity contribution is 5.81. The molecule has 2 heterocycles. The molecule has 2 rings (SSSR count). The highest BCUT2D eigenvalue weighted by Crippen LogP contribution is 2.22. The summed E-state index contributed by atoms with van der Waals surface area (Å²) in [5.41, 5.74) is 8.08. The smallest absolute Gasteiger partial charge is 0.212 e. The van der Waals surface area contributed by atoms with Crippen molar-refractivity contribution >= 4 is 6.21 Å². The van der Waals surface area contributed by atoms with Crippen LogP contribution in [-0.4, -0.2) is 31.6 Å². The van der Waals surface area contributed by atoms with Gasteiger partial charge in [0.2, 0.25) is 5.88 Å². The van der Waals surface area contributed by atoms with Gasteiger partial charge in [0.05, 0.1) is 13.2 Å². The van der Waals surface area contributed by atoms with E-state index in [1.54, 1.807) is 32.7 Å². The monoisotopic (exact) mass is 247 g/mol. The molecule has 0 fully saturated rings. The van der Waals surface area contributed by atoms with Crippen molar-refractivity contribution in [3.63, 3.8) is 0 Å². The second kappa shape index (κ2) is 5.75. The normalized spacial score (nSPS) is 20.4. The van der Waals surface area contributed by atoms with Gasteiger partial charge in [-0.15, -0.1) is 0 Å². The lowest BCUT2D eigenvalue weighted by atomic mass is 9.99. The number of nitrogens with two attached hydrogens (primary N) is 1. The van der Waals surface area contributed by atoms with E-state index in [0.717, 1.165) is 17.6 Å². The second-order valence-electron chi connectivity index (χ2n) is 4.02. The molecule has 0 amide bonds. The van der Waals surface area contributed by atoms with Crippen molar-refractivity contribution < 1.29 is 9.47 Å². The van der Waals surface area contributed by atoms with Gasteiger partial charge in [-0.2, -0.15) is 0 Å². The number of hydrogen-bond donors (Lipinski definition) is 1. The average molecular weight is 247 g/mol. The van der Waals surface area contributed by atoms with Crippen molar-refractivity contribution in [3.8, 4) is 5.88 Å². The Morgan fingerprint density at radius 2 is 2.22 bits per heavy atom. The Labute approximate surface area is 106 Å². The van der Waals surface area contributed by atoms with Gasteiger partial charge in [0.25, 0.3) is 0 Å². The van der Waals surface area contributed by atoms with Crippen LogP contribution in [0.5, 0.6) is 5.88 Å². The number of aromatic nitrogens is 1. The van der Waals surface area contributed by atoms with Gasteiger partial charge in [0.1, 0.15) is 0 Å². The van der Waals surface area contributed by atoms with Gasteiger partial charge >= 0.3 is 0 Å². The molecule has 0 aliphatic carbocycles. The van der Waals surface area contributed by atoms with Crippen LogP contribution < -0.4 is 10.5 Å². The van der Waals surface area contributed by atoms with Gasteiger partial charge in [0.15, 0.2) is 6.23 Å². The highest BCUT2D eigenvalue weighted by atomic mass is 16.5. The summed E-state index contributed by atoms with van der Waals surface area (Å²) in [7, 11) is 3.23. The zero-order chi connectivity index (χ0) is 13.0. The van der Waals surface area contributed by atoms with Crippen LogP contribution in [0.2, 0.25) is 0 Å². The summed E-state index contributed by atoms with van der Waals surface area (Å²) in [6.45, 7) is 0. The van der Waals surface area contributed by atoms with Crippen molar-refractivity contribution in [1.29, 1.82) is 0 Å². The third kappa shape index (κ3) is 2.75. The quantitative estimate of drug-likeness (QED) is 0.874. The minimum Gasteiger partial charge on any atom is -0.481 e. The fourth-order valence-corrected chi connectivity index (χ4v) is 1.77. The number of dihydropyridines is 1. The minimum absolute atomic E-state index is 0.0880. The molecule has 18 heavy (non-hydrogen) atoms. The molecule has 1 aliphatic rings. The van der Waals surface area contributed by atoms with Gasteiger partial charge in [-0.05, 0) is 11.1 Å². The lowest BCUT2D eigenvalue weighted by molar-refractivity contribution is 0.112. The van der Waals surface area contributed by atoms with E-state index in [0.29, 0.717) is 5.88 Å². The van der Waals surface area contributed by atoms with Gasteiger partial charge < -0.3 is 15.2 Å². The summed E-state index contributed by atoms with van der Waals surface area (Å²) in [5, 5.41) is 0. The first-order valence-electron chi connectivity index (χ1n) is 5.76. The second-order valence-corrected chi connectivity index (χ2v) is 4.02. The molecule has 0 radical (unpaired) electrons. The molecule has 96 valence electrons. The van der Waals surface area contributed by atoms with Crippen LogP contribution in [-0.2, 0) is 4.74 Å². The third-order valence-electron chi connectivity index (χ3n) is 2.90. The standard InChI is InChI=1S/C13H17N3O2/c1-17-11-5-3-9(7-15-11)13(14)10-4-6-12(18-2)16-8-10/h3-5,7-8,12-13H,6,14H2,1-2H3. The molecule has 1 aromatic heterocycles. The molecule has 0 saturated heterocycles. The van der Waals surface area contributed by atoms with E-state index in [2.05, 4.69) is 16.1 Å². The molecule has 0 spiro atoms. The Kier molecular flexibility index (Phi) is 4.07. The highest BCUT2D eigenvalue weighted by Gasteiger charge is 2.15. The zero-order valence-corrected chi connectivity index (χ0v) is 10.5. The Morgan fingerprint density at radius 3 is 2.72 bits per heavy atom. The Balaban J connectivity index is 2.09. The summed E-state index contributed by atoms with van der Waals surface area (Å²) in [5.74, 6) is 0.580. The molecule has 5 heteroatoms. The van der Waals surface area contributed by atoms with Crippen molar-refractivity contribution in [2.75, 3.05) is 14.2 Å². The summed E-state index contributed by atoms with van der Waals surface area (Å²) >= 11 is 0. The molecule has 0 bridgehead atoms. The van der Waals surface area contributed by atoms with Crippen LogP contribution in [0.1, 0.15) is 18.0 Å². The van der Waals surface area contributed by atoms with Crippen molar-refractivity contribution in [2.45, 2.75) is 18.7 Å². The molecule has 0 aromatic carbocycles. The maximum absolute atomic E-state index is 6.17.